The van der Waals surface area contributed by atoms with Crippen LogP contribution in [0.1, 0.15) is 26.4 Å². The first kappa shape index (κ1) is 12.7. The number of methoxy groups -OCH3 is 1. The van der Waals surface area contributed by atoms with Crippen LogP contribution in [-0.2, 0) is 0 Å². The van der Waals surface area contributed by atoms with Crippen LogP contribution in [0, 0.1) is 13.8 Å². The summed E-state index contributed by atoms with van der Waals surface area (Å²) in [6.45, 7) is 4.27. The summed E-state index contributed by atoms with van der Waals surface area (Å²) in [4.78, 5) is 1.43. The van der Waals surface area contributed by atoms with Crippen LogP contribution in [0.2, 0.25) is 0 Å². The molecule has 2 aromatic rings. The van der Waals surface area contributed by atoms with Gasteiger partial charge in [0.15, 0.2) is 0 Å². The average molecular weight is 311 g/mol. The second-order valence-electron chi connectivity index (χ2n) is 4.08. The lowest BCUT2D eigenvalue weighted by Gasteiger charge is -2.14. The van der Waals surface area contributed by atoms with Crippen LogP contribution in [0.4, 0.5) is 0 Å². The van der Waals surface area contributed by atoms with Gasteiger partial charge in [-0.1, -0.05) is 39.7 Å². The number of aryl methyl sites for hydroxylation is 2. The Hall–Kier alpha value is -0.800. The molecule has 1 atom stereocenters. The normalized spacial score (nSPS) is 12.5. The summed E-state index contributed by atoms with van der Waals surface area (Å²) in [6.07, 6.45) is 0. The molecule has 2 rings (SSSR count). The van der Waals surface area contributed by atoms with Crippen LogP contribution in [-0.4, -0.2) is 7.11 Å². The fourth-order valence-electron chi connectivity index (χ4n) is 1.91. The third-order valence-corrected chi connectivity index (χ3v) is 5.02. The minimum absolute atomic E-state index is 0.207. The van der Waals surface area contributed by atoms with E-state index in [0.717, 1.165) is 5.75 Å². The van der Waals surface area contributed by atoms with Crippen molar-refractivity contribution in [2.75, 3.05) is 7.11 Å². The number of thiophene rings is 1. The second kappa shape index (κ2) is 5.23. The van der Waals surface area contributed by atoms with Gasteiger partial charge in [0.05, 0.1) is 16.8 Å². The third-order valence-electron chi connectivity index (χ3n) is 2.81. The van der Waals surface area contributed by atoms with Crippen LogP contribution < -0.4 is 4.74 Å². The van der Waals surface area contributed by atoms with Gasteiger partial charge in [-0.3, -0.25) is 0 Å². The molecule has 90 valence electrons. The Morgan fingerprint density at radius 3 is 2.65 bits per heavy atom. The first-order chi connectivity index (χ1) is 8.13. The van der Waals surface area contributed by atoms with E-state index in [2.05, 4.69) is 53.4 Å². The van der Waals surface area contributed by atoms with Gasteiger partial charge in [0.2, 0.25) is 0 Å². The van der Waals surface area contributed by atoms with Crippen molar-refractivity contribution in [3.05, 3.63) is 51.2 Å². The molecule has 1 unspecified atom stereocenters. The Balaban J connectivity index is 2.40. The SMILES string of the molecule is COc1ccsc1C(Br)c1ccc(C)cc1C. The molecule has 1 heterocycles. The van der Waals surface area contributed by atoms with Gasteiger partial charge in [-0.2, -0.15) is 0 Å². The highest BCUT2D eigenvalue weighted by molar-refractivity contribution is 9.09. The molecular weight excluding hydrogens is 296 g/mol. The van der Waals surface area contributed by atoms with E-state index in [1.165, 1.54) is 21.6 Å². The molecule has 0 saturated heterocycles. The maximum absolute atomic E-state index is 5.37. The van der Waals surface area contributed by atoms with E-state index in [1.807, 2.05) is 6.07 Å². The number of ether oxygens (including phenoxy) is 1. The second-order valence-corrected chi connectivity index (χ2v) is 5.94. The lowest BCUT2D eigenvalue weighted by atomic mass is 10.0. The van der Waals surface area contributed by atoms with E-state index in [0.29, 0.717) is 0 Å². The smallest absolute Gasteiger partial charge is 0.134 e. The molecule has 3 heteroatoms. The molecule has 1 aromatic heterocycles. The average Bonchev–Trinajstić information content (AvgIpc) is 2.76. The van der Waals surface area contributed by atoms with E-state index in [4.69, 9.17) is 4.74 Å². The highest BCUT2D eigenvalue weighted by atomic mass is 79.9. The standard InChI is InChI=1S/C14H15BrOS/c1-9-4-5-11(10(2)8-9)13(15)14-12(16-3)6-7-17-14/h4-8,13H,1-3H3. The van der Waals surface area contributed by atoms with Gasteiger partial charge < -0.3 is 4.74 Å². The summed E-state index contributed by atoms with van der Waals surface area (Å²) in [5.74, 6) is 0.955. The van der Waals surface area contributed by atoms with Gasteiger partial charge in [-0.15, -0.1) is 11.3 Å². The monoisotopic (exact) mass is 310 g/mol. The van der Waals surface area contributed by atoms with Gasteiger partial charge in [0, 0.05) is 0 Å². The predicted molar refractivity (Wildman–Crippen MR) is 77.6 cm³/mol. The number of rotatable bonds is 3. The molecule has 0 aliphatic carbocycles. The molecule has 0 aliphatic rings. The Bertz CT molecular complexity index is 519. The fraction of sp³-hybridized carbons (Fsp3) is 0.286. The molecule has 0 amide bonds. The zero-order valence-electron chi connectivity index (χ0n) is 10.2. The van der Waals surface area contributed by atoms with E-state index in [-0.39, 0.29) is 4.83 Å². The van der Waals surface area contributed by atoms with Crippen molar-refractivity contribution in [1.29, 1.82) is 0 Å². The Labute approximate surface area is 115 Å². The van der Waals surface area contributed by atoms with E-state index < -0.39 is 0 Å². The summed E-state index contributed by atoms with van der Waals surface area (Å²) < 4.78 is 5.37. The summed E-state index contributed by atoms with van der Waals surface area (Å²) in [7, 11) is 1.72. The molecule has 0 N–H and O–H groups in total. The van der Waals surface area contributed by atoms with Crippen LogP contribution >= 0.6 is 27.3 Å². The lowest BCUT2D eigenvalue weighted by Crippen LogP contribution is -1.96. The molecule has 0 spiro atoms. The van der Waals surface area contributed by atoms with E-state index in [9.17, 15) is 0 Å². The van der Waals surface area contributed by atoms with E-state index >= 15 is 0 Å². The number of halogens is 1. The van der Waals surface area contributed by atoms with Gasteiger partial charge in [0.25, 0.3) is 0 Å². The maximum Gasteiger partial charge on any atom is 0.134 e. The fourth-order valence-corrected chi connectivity index (χ4v) is 3.83. The van der Waals surface area contributed by atoms with Crippen molar-refractivity contribution < 1.29 is 4.74 Å². The minimum Gasteiger partial charge on any atom is -0.496 e. The van der Waals surface area contributed by atoms with Crippen LogP contribution in [0.3, 0.4) is 0 Å². The maximum atomic E-state index is 5.37. The summed E-state index contributed by atoms with van der Waals surface area (Å²) in [6, 6.07) is 8.56. The third kappa shape index (κ3) is 2.55. The summed E-state index contributed by atoms with van der Waals surface area (Å²) >= 11 is 5.49. The Morgan fingerprint density at radius 2 is 2.00 bits per heavy atom. The van der Waals surface area contributed by atoms with Gasteiger partial charge in [-0.05, 0) is 36.4 Å². The van der Waals surface area contributed by atoms with Crippen molar-refractivity contribution >= 4 is 27.3 Å². The molecule has 1 nitrogen and oxygen atoms in total. The molecule has 0 fully saturated rings. The van der Waals surface area contributed by atoms with E-state index in [1.54, 1.807) is 18.4 Å². The molecule has 17 heavy (non-hydrogen) atoms. The molecule has 0 aliphatic heterocycles. The number of benzene rings is 1. The first-order valence-electron chi connectivity index (χ1n) is 5.46. The van der Waals surface area contributed by atoms with Crippen molar-refractivity contribution in [2.45, 2.75) is 18.7 Å². The first-order valence-corrected chi connectivity index (χ1v) is 7.25. The van der Waals surface area contributed by atoms with Crippen LogP contribution in [0.5, 0.6) is 5.75 Å². The van der Waals surface area contributed by atoms with Gasteiger partial charge in [-0.25, -0.2) is 0 Å². The number of hydrogen-bond donors (Lipinski definition) is 0. The Morgan fingerprint density at radius 1 is 1.24 bits per heavy atom. The van der Waals surface area contributed by atoms with Crippen molar-refractivity contribution in [2.24, 2.45) is 0 Å². The van der Waals surface area contributed by atoms with Crippen LogP contribution in [0.15, 0.2) is 29.6 Å². The number of alkyl halides is 1. The van der Waals surface area contributed by atoms with Gasteiger partial charge in [0.1, 0.15) is 5.75 Å². The molecule has 0 bridgehead atoms. The van der Waals surface area contributed by atoms with Crippen LogP contribution in [0.25, 0.3) is 0 Å². The lowest BCUT2D eigenvalue weighted by molar-refractivity contribution is 0.413. The van der Waals surface area contributed by atoms with Gasteiger partial charge >= 0.3 is 0 Å². The number of hydrogen-bond acceptors (Lipinski definition) is 2. The zero-order chi connectivity index (χ0) is 12.4. The molecule has 0 saturated carbocycles. The quantitative estimate of drug-likeness (QED) is 0.736. The zero-order valence-corrected chi connectivity index (χ0v) is 12.6. The summed E-state index contributed by atoms with van der Waals surface area (Å²) in [5, 5.41) is 2.06. The summed E-state index contributed by atoms with van der Waals surface area (Å²) in [5.41, 5.74) is 3.91. The highest BCUT2D eigenvalue weighted by Crippen LogP contribution is 2.41. The largest absolute Gasteiger partial charge is 0.496 e. The predicted octanol–water partition coefficient (Wildman–Crippen LogP) is 4.86. The van der Waals surface area contributed by atoms with Crippen molar-refractivity contribution in [3.63, 3.8) is 0 Å². The topological polar surface area (TPSA) is 9.23 Å². The molecule has 0 radical (unpaired) electrons. The van der Waals surface area contributed by atoms with Crippen molar-refractivity contribution in [3.8, 4) is 5.75 Å². The molecule has 1 aromatic carbocycles. The highest BCUT2D eigenvalue weighted by Gasteiger charge is 2.18. The van der Waals surface area contributed by atoms with Crippen molar-refractivity contribution in [1.82, 2.24) is 0 Å². The Kier molecular flexibility index (Phi) is 3.89. The molecular formula is C14H15BrOS. The minimum atomic E-state index is 0.207.